The quantitative estimate of drug-likeness (QED) is 0.473. The van der Waals surface area contributed by atoms with Gasteiger partial charge < -0.3 is 10.6 Å². The first-order chi connectivity index (χ1) is 9.88. The molecule has 0 saturated heterocycles. The zero-order valence-corrected chi connectivity index (χ0v) is 12.4. The second-order valence-corrected chi connectivity index (χ2v) is 5.11. The van der Waals surface area contributed by atoms with Gasteiger partial charge in [0.15, 0.2) is 5.96 Å². The van der Waals surface area contributed by atoms with Crippen molar-refractivity contribution in [2.75, 3.05) is 13.1 Å². The van der Waals surface area contributed by atoms with Crippen LogP contribution in [-0.2, 0) is 6.54 Å². The molecule has 0 amide bonds. The third-order valence-electron chi connectivity index (χ3n) is 3.48. The third-order valence-corrected chi connectivity index (χ3v) is 3.48. The maximum Gasteiger partial charge on any atom is 0.191 e. The largest absolute Gasteiger partial charge is 0.357 e. The molecule has 0 heterocycles. The van der Waals surface area contributed by atoms with E-state index in [0.29, 0.717) is 0 Å². The van der Waals surface area contributed by atoms with Gasteiger partial charge in [0, 0.05) is 13.1 Å². The van der Waals surface area contributed by atoms with Crippen LogP contribution in [0.25, 0.3) is 0 Å². The highest BCUT2D eigenvalue weighted by molar-refractivity contribution is 5.79. The summed E-state index contributed by atoms with van der Waals surface area (Å²) in [5.74, 6) is 0.912. The van der Waals surface area contributed by atoms with Crippen molar-refractivity contribution < 1.29 is 0 Å². The van der Waals surface area contributed by atoms with Crippen LogP contribution in [-0.4, -0.2) is 19.0 Å². The van der Waals surface area contributed by atoms with Gasteiger partial charge in [0.25, 0.3) is 0 Å². The number of benzene rings is 1. The summed E-state index contributed by atoms with van der Waals surface area (Å²) in [6.07, 6.45) is 7.39. The number of rotatable bonds is 6. The first kappa shape index (κ1) is 14.6. The second kappa shape index (κ2) is 8.41. The van der Waals surface area contributed by atoms with E-state index in [1.165, 1.54) is 24.8 Å². The fourth-order valence-corrected chi connectivity index (χ4v) is 2.40. The molecule has 1 aromatic rings. The van der Waals surface area contributed by atoms with Crippen LogP contribution in [0.5, 0.6) is 0 Å². The van der Waals surface area contributed by atoms with Crippen molar-refractivity contribution in [1.29, 1.82) is 0 Å². The first-order valence-corrected chi connectivity index (χ1v) is 7.62. The number of nitrogens with one attached hydrogen (secondary N) is 2. The Labute approximate surface area is 122 Å². The van der Waals surface area contributed by atoms with Crippen molar-refractivity contribution in [3.8, 4) is 0 Å². The fourth-order valence-electron chi connectivity index (χ4n) is 2.40. The first-order valence-electron chi connectivity index (χ1n) is 7.62. The van der Waals surface area contributed by atoms with Crippen LogP contribution in [0.3, 0.4) is 0 Å². The number of hydrogen-bond donors (Lipinski definition) is 2. The SMILES string of the molecule is CCNC(=NCc1ccccc1)NCCC1=CCCC1. The van der Waals surface area contributed by atoms with Gasteiger partial charge in [-0.15, -0.1) is 0 Å². The molecule has 108 valence electrons. The number of guanidine groups is 1. The van der Waals surface area contributed by atoms with E-state index in [9.17, 15) is 0 Å². The zero-order chi connectivity index (χ0) is 14.0. The number of hydrogen-bond acceptors (Lipinski definition) is 1. The molecule has 3 heteroatoms. The Bertz CT molecular complexity index is 449. The molecule has 1 aliphatic carbocycles. The van der Waals surface area contributed by atoms with E-state index < -0.39 is 0 Å². The Morgan fingerprint density at radius 2 is 2.05 bits per heavy atom. The number of nitrogens with zero attached hydrogens (tertiary/aromatic N) is 1. The zero-order valence-electron chi connectivity index (χ0n) is 12.4. The molecule has 3 nitrogen and oxygen atoms in total. The highest BCUT2D eigenvalue weighted by atomic mass is 15.2. The summed E-state index contributed by atoms with van der Waals surface area (Å²) in [5.41, 5.74) is 2.83. The molecule has 0 spiro atoms. The number of allylic oxidation sites excluding steroid dienone is 1. The van der Waals surface area contributed by atoms with E-state index in [1.54, 1.807) is 5.57 Å². The average Bonchev–Trinajstić information content (AvgIpc) is 2.99. The molecule has 2 rings (SSSR count). The van der Waals surface area contributed by atoms with Crippen molar-refractivity contribution in [2.24, 2.45) is 4.99 Å². The van der Waals surface area contributed by atoms with E-state index >= 15 is 0 Å². The van der Waals surface area contributed by atoms with Crippen LogP contribution in [0.2, 0.25) is 0 Å². The Morgan fingerprint density at radius 3 is 2.75 bits per heavy atom. The summed E-state index contributed by atoms with van der Waals surface area (Å²) in [7, 11) is 0. The molecule has 1 aromatic carbocycles. The normalized spacial score (nSPS) is 15.1. The van der Waals surface area contributed by atoms with Gasteiger partial charge in [0.1, 0.15) is 0 Å². The summed E-state index contributed by atoms with van der Waals surface area (Å²) in [6, 6.07) is 10.4. The van der Waals surface area contributed by atoms with Crippen molar-refractivity contribution in [3.63, 3.8) is 0 Å². The lowest BCUT2D eigenvalue weighted by Gasteiger charge is -2.11. The molecule has 0 saturated carbocycles. The van der Waals surface area contributed by atoms with Crippen molar-refractivity contribution in [3.05, 3.63) is 47.5 Å². The molecular weight excluding hydrogens is 246 g/mol. The minimum atomic E-state index is 0.721. The second-order valence-electron chi connectivity index (χ2n) is 5.11. The Morgan fingerprint density at radius 1 is 1.20 bits per heavy atom. The molecule has 1 aliphatic rings. The summed E-state index contributed by atoms with van der Waals surface area (Å²) >= 11 is 0. The van der Waals surface area contributed by atoms with Gasteiger partial charge in [-0.05, 0) is 38.2 Å². The molecule has 20 heavy (non-hydrogen) atoms. The van der Waals surface area contributed by atoms with E-state index in [2.05, 4.69) is 52.9 Å². The van der Waals surface area contributed by atoms with Gasteiger partial charge in [-0.25, -0.2) is 4.99 Å². The molecule has 0 fully saturated rings. The van der Waals surface area contributed by atoms with Crippen LogP contribution in [0.4, 0.5) is 0 Å². The Hall–Kier alpha value is -1.77. The topological polar surface area (TPSA) is 36.4 Å². The highest BCUT2D eigenvalue weighted by Crippen LogP contribution is 2.19. The smallest absolute Gasteiger partial charge is 0.191 e. The lowest BCUT2D eigenvalue weighted by atomic mass is 10.2. The molecular formula is C17H25N3. The third kappa shape index (κ3) is 5.08. The Kier molecular flexibility index (Phi) is 6.15. The summed E-state index contributed by atoms with van der Waals surface area (Å²) in [6.45, 7) is 4.67. The molecule has 0 unspecified atom stereocenters. The van der Waals surface area contributed by atoms with Gasteiger partial charge >= 0.3 is 0 Å². The molecule has 2 N–H and O–H groups in total. The molecule has 0 bridgehead atoms. The monoisotopic (exact) mass is 271 g/mol. The van der Waals surface area contributed by atoms with Gasteiger partial charge in [-0.1, -0.05) is 42.0 Å². The predicted molar refractivity (Wildman–Crippen MR) is 85.8 cm³/mol. The van der Waals surface area contributed by atoms with Gasteiger partial charge in [0.05, 0.1) is 6.54 Å². The maximum absolute atomic E-state index is 4.62. The molecule has 0 atom stereocenters. The highest BCUT2D eigenvalue weighted by Gasteiger charge is 2.04. The van der Waals surface area contributed by atoms with Crippen LogP contribution in [0.15, 0.2) is 47.0 Å². The van der Waals surface area contributed by atoms with Crippen molar-refractivity contribution >= 4 is 5.96 Å². The van der Waals surface area contributed by atoms with Crippen LogP contribution >= 0.6 is 0 Å². The van der Waals surface area contributed by atoms with Gasteiger partial charge in [-0.3, -0.25) is 0 Å². The van der Waals surface area contributed by atoms with E-state index in [0.717, 1.165) is 32.0 Å². The summed E-state index contributed by atoms with van der Waals surface area (Å²) in [5, 5.41) is 6.71. The molecule has 0 aromatic heterocycles. The van der Waals surface area contributed by atoms with Gasteiger partial charge in [-0.2, -0.15) is 0 Å². The minimum absolute atomic E-state index is 0.721. The average molecular weight is 271 g/mol. The van der Waals surface area contributed by atoms with Crippen LogP contribution in [0.1, 0.15) is 38.2 Å². The van der Waals surface area contributed by atoms with Crippen molar-refractivity contribution in [1.82, 2.24) is 10.6 Å². The van der Waals surface area contributed by atoms with E-state index in [-0.39, 0.29) is 0 Å². The van der Waals surface area contributed by atoms with Crippen LogP contribution in [0, 0.1) is 0 Å². The lowest BCUT2D eigenvalue weighted by molar-refractivity contribution is 0.775. The van der Waals surface area contributed by atoms with Crippen LogP contribution < -0.4 is 10.6 Å². The predicted octanol–water partition coefficient (Wildman–Crippen LogP) is 3.24. The fraction of sp³-hybridized carbons (Fsp3) is 0.471. The number of aliphatic imine (C=N–C) groups is 1. The lowest BCUT2D eigenvalue weighted by Crippen LogP contribution is -2.37. The Balaban J connectivity index is 1.79. The standard InChI is InChI=1S/C17H25N3/c1-2-18-17(19-13-12-15-8-6-7-9-15)20-14-16-10-4-3-5-11-16/h3-5,8,10-11H,2,6-7,9,12-14H2,1H3,(H2,18,19,20). The van der Waals surface area contributed by atoms with Crippen molar-refractivity contribution in [2.45, 2.75) is 39.2 Å². The summed E-state index contributed by atoms with van der Waals surface area (Å²) < 4.78 is 0. The van der Waals surface area contributed by atoms with Gasteiger partial charge in [0.2, 0.25) is 0 Å². The van der Waals surface area contributed by atoms with E-state index in [1.807, 2.05) is 6.07 Å². The molecule has 0 aliphatic heterocycles. The maximum atomic E-state index is 4.62. The minimum Gasteiger partial charge on any atom is -0.357 e. The van der Waals surface area contributed by atoms with E-state index in [4.69, 9.17) is 0 Å². The summed E-state index contributed by atoms with van der Waals surface area (Å²) in [4.78, 5) is 4.62. The molecule has 0 radical (unpaired) electrons.